The molecule has 1 aromatic rings. The molecule has 5 nitrogen and oxygen atoms in total. The van der Waals surface area contributed by atoms with Crippen LogP contribution >= 0.6 is 24.0 Å². The van der Waals surface area contributed by atoms with Crippen molar-refractivity contribution in [1.82, 2.24) is 4.90 Å². The number of carbonyl (C=O) groups excluding carboxylic acids is 1. The third kappa shape index (κ3) is 3.97. The zero-order valence-corrected chi connectivity index (χ0v) is 17.3. The SMILES string of the molecule is CCN(CC)c1ccc(/C=C2/SC(=S)N([C@H]3CCS(=O)(=O)C3)C2=O)cc1. The number of hydrogen-bond acceptors (Lipinski definition) is 6. The van der Waals surface area contributed by atoms with Crippen LogP contribution < -0.4 is 4.90 Å². The molecule has 3 rings (SSSR count). The maximum absolute atomic E-state index is 12.7. The number of thioether (sulfide) groups is 1. The summed E-state index contributed by atoms with van der Waals surface area (Å²) in [5, 5.41) is 0. The van der Waals surface area contributed by atoms with Crippen molar-refractivity contribution in [2.75, 3.05) is 29.5 Å². The Balaban J connectivity index is 1.78. The molecule has 0 radical (unpaired) electrons. The molecule has 2 aliphatic rings. The highest BCUT2D eigenvalue weighted by Gasteiger charge is 2.42. The third-order valence-electron chi connectivity index (χ3n) is 4.72. The predicted molar refractivity (Wildman–Crippen MR) is 112 cm³/mol. The van der Waals surface area contributed by atoms with E-state index in [0.29, 0.717) is 15.6 Å². The number of nitrogens with zero attached hydrogens (tertiary/aromatic N) is 2. The minimum absolute atomic E-state index is 0.00525. The molecular weight excluding hydrogens is 388 g/mol. The molecule has 2 heterocycles. The first-order valence-corrected chi connectivity index (χ1v) is 11.7. The Bertz CT molecular complexity index is 843. The van der Waals surface area contributed by atoms with Gasteiger partial charge in [-0.2, -0.15) is 0 Å². The lowest BCUT2D eigenvalue weighted by Crippen LogP contribution is -2.39. The smallest absolute Gasteiger partial charge is 0.266 e. The summed E-state index contributed by atoms with van der Waals surface area (Å²) >= 11 is 6.58. The van der Waals surface area contributed by atoms with Crippen LogP contribution in [0.5, 0.6) is 0 Å². The molecule has 0 aromatic heterocycles. The van der Waals surface area contributed by atoms with Crippen LogP contribution in [0.1, 0.15) is 25.8 Å². The molecule has 2 saturated heterocycles. The summed E-state index contributed by atoms with van der Waals surface area (Å²) in [7, 11) is -3.06. The van der Waals surface area contributed by atoms with Crippen LogP contribution in [0.3, 0.4) is 0 Å². The molecule has 8 heteroatoms. The van der Waals surface area contributed by atoms with Crippen LogP contribution in [0.15, 0.2) is 29.2 Å². The topological polar surface area (TPSA) is 57.7 Å². The minimum atomic E-state index is -3.06. The van der Waals surface area contributed by atoms with Gasteiger partial charge in [-0.15, -0.1) is 0 Å². The fourth-order valence-electron chi connectivity index (χ4n) is 3.30. The normalized spacial score (nSPS) is 23.8. The average Bonchev–Trinajstić information content (AvgIpc) is 3.09. The summed E-state index contributed by atoms with van der Waals surface area (Å²) in [6, 6.07) is 7.73. The first-order chi connectivity index (χ1) is 12.3. The monoisotopic (exact) mass is 410 g/mol. The van der Waals surface area contributed by atoms with Crippen molar-refractivity contribution in [2.24, 2.45) is 0 Å². The zero-order valence-electron chi connectivity index (χ0n) is 14.8. The van der Waals surface area contributed by atoms with Gasteiger partial charge in [0, 0.05) is 18.8 Å². The maximum Gasteiger partial charge on any atom is 0.266 e. The van der Waals surface area contributed by atoms with Crippen molar-refractivity contribution in [1.29, 1.82) is 0 Å². The van der Waals surface area contributed by atoms with Gasteiger partial charge < -0.3 is 4.90 Å². The molecular formula is C18H22N2O3S3. The molecule has 2 aliphatic heterocycles. The highest BCUT2D eigenvalue weighted by molar-refractivity contribution is 8.26. The quantitative estimate of drug-likeness (QED) is 0.550. The van der Waals surface area contributed by atoms with Crippen LogP contribution in [-0.2, 0) is 14.6 Å². The average molecular weight is 411 g/mol. The number of carbonyl (C=O) groups is 1. The van der Waals surface area contributed by atoms with E-state index in [1.807, 2.05) is 30.3 Å². The molecule has 0 spiro atoms. The van der Waals surface area contributed by atoms with Gasteiger partial charge in [0.1, 0.15) is 4.32 Å². The van der Waals surface area contributed by atoms with Gasteiger partial charge in [-0.25, -0.2) is 8.42 Å². The van der Waals surface area contributed by atoms with Crippen LogP contribution in [0.2, 0.25) is 0 Å². The van der Waals surface area contributed by atoms with Gasteiger partial charge in [0.2, 0.25) is 0 Å². The predicted octanol–water partition coefficient (Wildman–Crippen LogP) is 2.92. The van der Waals surface area contributed by atoms with E-state index in [2.05, 4.69) is 18.7 Å². The van der Waals surface area contributed by atoms with Gasteiger partial charge in [-0.05, 0) is 44.0 Å². The third-order valence-corrected chi connectivity index (χ3v) is 7.80. The minimum Gasteiger partial charge on any atom is -0.372 e. The van der Waals surface area contributed by atoms with Crippen molar-refractivity contribution >= 4 is 55.8 Å². The van der Waals surface area contributed by atoms with Crippen LogP contribution in [-0.4, -0.2) is 54.2 Å². The summed E-state index contributed by atoms with van der Waals surface area (Å²) < 4.78 is 23.9. The van der Waals surface area contributed by atoms with E-state index in [4.69, 9.17) is 12.2 Å². The lowest BCUT2D eigenvalue weighted by atomic mass is 10.1. The Labute approximate surface area is 164 Å². The van der Waals surface area contributed by atoms with Crippen LogP contribution in [0.4, 0.5) is 5.69 Å². The number of thiocarbonyl (C=S) groups is 1. The summed E-state index contributed by atoms with van der Waals surface area (Å²) in [6.45, 7) is 6.12. The molecule has 0 aliphatic carbocycles. The summed E-state index contributed by atoms with van der Waals surface area (Å²) in [5.41, 5.74) is 2.08. The largest absolute Gasteiger partial charge is 0.372 e. The molecule has 1 atom stereocenters. The van der Waals surface area contributed by atoms with Gasteiger partial charge in [0.25, 0.3) is 5.91 Å². The Morgan fingerprint density at radius 3 is 2.46 bits per heavy atom. The highest BCUT2D eigenvalue weighted by atomic mass is 32.2. The second-order valence-electron chi connectivity index (χ2n) is 6.37. The van der Waals surface area contributed by atoms with Gasteiger partial charge in [-0.3, -0.25) is 9.69 Å². The molecule has 0 unspecified atom stereocenters. The lowest BCUT2D eigenvalue weighted by molar-refractivity contribution is -0.123. The molecule has 2 fully saturated rings. The summed E-state index contributed by atoms with van der Waals surface area (Å²) in [5.74, 6) is -0.0544. The molecule has 26 heavy (non-hydrogen) atoms. The Morgan fingerprint density at radius 1 is 1.27 bits per heavy atom. The van der Waals surface area contributed by atoms with Crippen molar-refractivity contribution in [3.8, 4) is 0 Å². The van der Waals surface area contributed by atoms with Crippen molar-refractivity contribution in [2.45, 2.75) is 26.3 Å². The molecule has 0 bridgehead atoms. The second-order valence-corrected chi connectivity index (χ2v) is 10.3. The number of anilines is 1. The van der Waals surface area contributed by atoms with E-state index in [-0.39, 0.29) is 23.5 Å². The lowest BCUT2D eigenvalue weighted by Gasteiger charge is -2.21. The van der Waals surface area contributed by atoms with E-state index < -0.39 is 9.84 Å². The Kier molecular flexibility index (Phi) is 5.74. The second kappa shape index (κ2) is 7.70. The number of benzene rings is 1. The summed E-state index contributed by atoms with van der Waals surface area (Å²) in [4.78, 5) is 17.0. The fraction of sp³-hybridized carbons (Fsp3) is 0.444. The standard InChI is InChI=1S/C18H22N2O3S3/c1-3-19(4-2)14-7-5-13(6-8-14)11-16-17(21)20(18(24)25-16)15-9-10-26(22,23)12-15/h5-8,11,15H,3-4,9-10,12H2,1-2H3/b16-11+/t15-/m0/s1. The molecule has 1 aromatic carbocycles. The first-order valence-electron chi connectivity index (χ1n) is 8.67. The molecule has 1 amide bonds. The van der Waals surface area contributed by atoms with Crippen molar-refractivity contribution < 1.29 is 13.2 Å². The number of amides is 1. The molecule has 0 N–H and O–H groups in total. The zero-order chi connectivity index (χ0) is 18.9. The summed E-state index contributed by atoms with van der Waals surface area (Å²) in [6.07, 6.45) is 2.29. The van der Waals surface area contributed by atoms with E-state index in [9.17, 15) is 13.2 Å². The highest BCUT2D eigenvalue weighted by Crippen LogP contribution is 2.36. The van der Waals surface area contributed by atoms with Crippen molar-refractivity contribution in [3.63, 3.8) is 0 Å². The molecule has 0 saturated carbocycles. The molecule has 140 valence electrons. The van der Waals surface area contributed by atoms with E-state index in [0.717, 1.165) is 24.3 Å². The number of sulfone groups is 1. The van der Waals surface area contributed by atoms with Gasteiger partial charge in [0.15, 0.2) is 9.84 Å². The van der Waals surface area contributed by atoms with Gasteiger partial charge in [-0.1, -0.05) is 36.1 Å². The Hall–Kier alpha value is -1.38. The maximum atomic E-state index is 12.7. The number of hydrogen-bond donors (Lipinski definition) is 0. The van der Waals surface area contributed by atoms with E-state index in [1.54, 1.807) is 0 Å². The van der Waals surface area contributed by atoms with E-state index in [1.165, 1.54) is 16.7 Å². The first kappa shape index (κ1) is 19.4. The van der Waals surface area contributed by atoms with Gasteiger partial charge in [0.05, 0.1) is 22.5 Å². The number of rotatable bonds is 5. The van der Waals surface area contributed by atoms with Crippen LogP contribution in [0, 0.1) is 0 Å². The fourth-order valence-corrected chi connectivity index (χ4v) is 6.40. The van der Waals surface area contributed by atoms with Crippen molar-refractivity contribution in [3.05, 3.63) is 34.7 Å². The Morgan fingerprint density at radius 2 is 1.92 bits per heavy atom. The van der Waals surface area contributed by atoms with E-state index >= 15 is 0 Å². The van der Waals surface area contributed by atoms with Gasteiger partial charge >= 0.3 is 0 Å². The van der Waals surface area contributed by atoms with Crippen LogP contribution in [0.25, 0.3) is 6.08 Å².